The van der Waals surface area contributed by atoms with Gasteiger partial charge in [-0.2, -0.15) is 13.2 Å². The number of nitrogens with zero attached hydrogens (tertiary/aromatic N) is 1. The van der Waals surface area contributed by atoms with E-state index in [4.69, 9.17) is 11.6 Å². The number of aromatic nitrogens is 2. The van der Waals surface area contributed by atoms with Crippen molar-refractivity contribution >= 4 is 45.0 Å². The first-order valence-corrected chi connectivity index (χ1v) is 10.3. The highest BCUT2D eigenvalue weighted by molar-refractivity contribution is 9.10. The van der Waals surface area contributed by atoms with E-state index in [0.717, 1.165) is 6.07 Å². The molecule has 3 N–H and O–H groups in total. The second-order valence-corrected chi connectivity index (χ2v) is 8.21. The third-order valence-electron chi connectivity index (χ3n) is 4.94. The fraction of sp³-hybridized carbons (Fsp3) is 0.263. The van der Waals surface area contributed by atoms with E-state index in [1.165, 1.54) is 12.1 Å². The average molecular weight is 518 g/mol. The van der Waals surface area contributed by atoms with E-state index < -0.39 is 34.4 Å². The summed E-state index contributed by atoms with van der Waals surface area (Å²) in [6, 6.07) is 2.67. The zero-order valence-corrected chi connectivity index (χ0v) is 17.8. The number of alkyl halides is 3. The molecule has 1 aromatic heterocycles. The number of allylic oxidation sites excluding steroid dienone is 2. The number of hydrogen-bond acceptors (Lipinski definition) is 5. The molecule has 0 bridgehead atoms. The summed E-state index contributed by atoms with van der Waals surface area (Å²) in [4.78, 5) is 44.2. The molecular formula is C19H13BrClF3N4O3. The quantitative estimate of drug-likeness (QED) is 0.578. The Hall–Kier alpha value is -2.66. The number of hydrogen-bond donors (Lipinski definition) is 3. The van der Waals surface area contributed by atoms with Gasteiger partial charge in [-0.15, -0.1) is 0 Å². The number of halogens is 5. The van der Waals surface area contributed by atoms with E-state index in [9.17, 15) is 27.6 Å². The Labute approximate surface area is 186 Å². The van der Waals surface area contributed by atoms with Gasteiger partial charge in [-0.3, -0.25) is 14.4 Å². The predicted octanol–water partition coefficient (Wildman–Crippen LogP) is 3.56. The molecule has 31 heavy (non-hydrogen) atoms. The van der Waals surface area contributed by atoms with Crippen molar-refractivity contribution in [1.82, 2.24) is 20.6 Å². The summed E-state index contributed by atoms with van der Waals surface area (Å²) in [5.74, 6) is -1.90. The lowest BCUT2D eigenvalue weighted by atomic mass is 10.00. The predicted molar refractivity (Wildman–Crippen MR) is 107 cm³/mol. The second-order valence-electron chi connectivity index (χ2n) is 6.98. The minimum Gasteiger partial charge on any atom is -0.369 e. The van der Waals surface area contributed by atoms with E-state index >= 15 is 0 Å². The summed E-state index contributed by atoms with van der Waals surface area (Å²) in [7, 11) is 0. The molecule has 12 heteroatoms. The zero-order chi connectivity index (χ0) is 22.5. The van der Waals surface area contributed by atoms with Crippen LogP contribution >= 0.6 is 27.5 Å². The summed E-state index contributed by atoms with van der Waals surface area (Å²) in [6.07, 6.45) is -3.49. The van der Waals surface area contributed by atoms with Gasteiger partial charge in [0.15, 0.2) is 0 Å². The molecule has 7 nitrogen and oxygen atoms in total. The van der Waals surface area contributed by atoms with Crippen molar-refractivity contribution in [2.24, 2.45) is 0 Å². The minimum absolute atomic E-state index is 0.0304. The molecule has 0 radical (unpaired) electrons. The lowest BCUT2D eigenvalue weighted by Gasteiger charge is -2.25. The maximum absolute atomic E-state index is 13.2. The Morgan fingerprint density at radius 3 is 2.61 bits per heavy atom. The van der Waals surface area contributed by atoms with E-state index in [2.05, 4.69) is 36.5 Å². The van der Waals surface area contributed by atoms with E-state index in [-0.39, 0.29) is 38.9 Å². The fourth-order valence-corrected chi connectivity index (χ4v) is 4.09. The number of amides is 1. The van der Waals surface area contributed by atoms with Gasteiger partial charge >= 0.3 is 6.18 Å². The SMILES string of the molecule is O=C1C(N[C@H]2CCCNC2=O)=C(Cl)C(=O)c2[nH]c(-c3ccc(Br)c(C(F)(F)F)c3)nc21. The van der Waals surface area contributed by atoms with Crippen LogP contribution in [0, 0.1) is 0 Å². The van der Waals surface area contributed by atoms with Crippen molar-refractivity contribution in [3.63, 3.8) is 0 Å². The number of carbonyl (C=O) groups excluding carboxylic acids is 3. The normalized spacial score (nSPS) is 19.4. The Balaban J connectivity index is 1.70. The highest BCUT2D eigenvalue weighted by Crippen LogP contribution is 2.37. The maximum atomic E-state index is 13.2. The largest absolute Gasteiger partial charge is 0.417 e. The maximum Gasteiger partial charge on any atom is 0.417 e. The number of fused-ring (bicyclic) bond motifs is 1. The molecule has 2 heterocycles. The Morgan fingerprint density at radius 1 is 1.19 bits per heavy atom. The number of Topliss-reactive ketones (excluding diaryl/α,β-unsaturated/α-hetero) is 2. The monoisotopic (exact) mass is 516 g/mol. The van der Waals surface area contributed by atoms with Gasteiger partial charge in [0.05, 0.1) is 5.56 Å². The van der Waals surface area contributed by atoms with Crippen LogP contribution < -0.4 is 10.6 Å². The topological polar surface area (TPSA) is 104 Å². The number of H-pyrrole nitrogens is 1. The van der Waals surface area contributed by atoms with Gasteiger partial charge in [0, 0.05) is 16.6 Å². The molecule has 2 aliphatic rings. The van der Waals surface area contributed by atoms with Crippen LogP contribution in [-0.4, -0.2) is 40.0 Å². The molecule has 4 rings (SSSR count). The number of aromatic amines is 1. The molecule has 1 amide bonds. The molecule has 0 spiro atoms. The van der Waals surface area contributed by atoms with Crippen LogP contribution in [-0.2, 0) is 11.0 Å². The van der Waals surface area contributed by atoms with Gasteiger partial charge < -0.3 is 15.6 Å². The van der Waals surface area contributed by atoms with Gasteiger partial charge in [-0.1, -0.05) is 33.6 Å². The molecule has 1 aromatic carbocycles. The Kier molecular flexibility index (Phi) is 5.42. The van der Waals surface area contributed by atoms with E-state index in [1.807, 2.05) is 0 Å². The fourth-order valence-electron chi connectivity index (χ4n) is 3.38. The zero-order valence-electron chi connectivity index (χ0n) is 15.5. The number of benzene rings is 1. The van der Waals surface area contributed by atoms with Crippen molar-refractivity contribution < 1.29 is 27.6 Å². The van der Waals surface area contributed by atoms with Crippen LogP contribution in [0.25, 0.3) is 11.4 Å². The highest BCUT2D eigenvalue weighted by Gasteiger charge is 2.38. The van der Waals surface area contributed by atoms with Crippen molar-refractivity contribution in [2.75, 3.05) is 6.54 Å². The van der Waals surface area contributed by atoms with Crippen LogP contribution in [0.2, 0.25) is 0 Å². The molecule has 0 saturated carbocycles. The van der Waals surface area contributed by atoms with Crippen LogP contribution in [0.4, 0.5) is 13.2 Å². The highest BCUT2D eigenvalue weighted by atomic mass is 79.9. The number of imidazole rings is 1. The van der Waals surface area contributed by atoms with Crippen molar-refractivity contribution in [1.29, 1.82) is 0 Å². The van der Waals surface area contributed by atoms with Crippen LogP contribution in [0.3, 0.4) is 0 Å². The second kappa shape index (κ2) is 7.79. The summed E-state index contributed by atoms with van der Waals surface area (Å²) in [5, 5.41) is 4.95. The van der Waals surface area contributed by atoms with Crippen molar-refractivity contribution in [2.45, 2.75) is 25.1 Å². The molecule has 2 aromatic rings. The number of piperidine rings is 1. The van der Waals surface area contributed by atoms with Crippen molar-refractivity contribution in [3.8, 4) is 11.4 Å². The summed E-state index contributed by atoms with van der Waals surface area (Å²) in [6.45, 7) is 0.511. The number of carbonyl (C=O) groups is 3. The smallest absolute Gasteiger partial charge is 0.369 e. The summed E-state index contributed by atoms with van der Waals surface area (Å²) < 4.78 is 39.5. The van der Waals surface area contributed by atoms with E-state index in [0.29, 0.717) is 19.4 Å². The van der Waals surface area contributed by atoms with Crippen molar-refractivity contribution in [3.05, 3.63) is 50.4 Å². The van der Waals surface area contributed by atoms with Gasteiger partial charge in [0.1, 0.15) is 34.0 Å². The standard InChI is InChI=1S/C19H13BrClF3N4O3/c20-9-4-3-7(6-8(9)19(22,23)24)17-27-13-14(28-17)16(30)12(11(21)15(13)29)26-10-2-1-5-25-18(10)31/h3-4,6,10,26H,1-2,5H2,(H,25,31)(H,27,28)/t10-/m0/s1. The molecule has 1 atom stereocenters. The van der Waals surface area contributed by atoms with E-state index in [1.54, 1.807) is 0 Å². The molecule has 1 aliphatic carbocycles. The lowest BCUT2D eigenvalue weighted by molar-refractivity contribution is -0.138. The summed E-state index contributed by atoms with van der Waals surface area (Å²) in [5.41, 5.74) is -1.66. The lowest BCUT2D eigenvalue weighted by Crippen LogP contribution is -2.49. The first-order valence-electron chi connectivity index (χ1n) is 9.08. The third-order valence-corrected chi connectivity index (χ3v) is 5.99. The third kappa shape index (κ3) is 3.87. The average Bonchev–Trinajstić information content (AvgIpc) is 3.16. The Bertz CT molecular complexity index is 1160. The van der Waals surface area contributed by atoms with Crippen LogP contribution in [0.15, 0.2) is 33.4 Å². The van der Waals surface area contributed by atoms with Crippen LogP contribution in [0.1, 0.15) is 39.4 Å². The minimum atomic E-state index is -4.62. The molecule has 1 fully saturated rings. The van der Waals surface area contributed by atoms with Crippen LogP contribution in [0.5, 0.6) is 0 Å². The molecular weight excluding hydrogens is 505 g/mol. The van der Waals surface area contributed by atoms with Gasteiger partial charge in [0.25, 0.3) is 0 Å². The van der Waals surface area contributed by atoms with Gasteiger partial charge in [-0.25, -0.2) is 4.98 Å². The number of nitrogens with one attached hydrogen (secondary N) is 3. The number of ketones is 2. The summed E-state index contributed by atoms with van der Waals surface area (Å²) >= 11 is 8.95. The first kappa shape index (κ1) is 21.6. The van der Waals surface area contributed by atoms with Gasteiger partial charge in [-0.05, 0) is 25.0 Å². The molecule has 0 unspecified atom stereocenters. The molecule has 1 saturated heterocycles. The van der Waals surface area contributed by atoms with Gasteiger partial charge in [0.2, 0.25) is 17.5 Å². The molecule has 1 aliphatic heterocycles. The Morgan fingerprint density at radius 2 is 1.94 bits per heavy atom. The number of rotatable bonds is 3. The molecule has 162 valence electrons. The first-order chi connectivity index (χ1) is 14.6.